The lowest BCUT2D eigenvalue weighted by Crippen LogP contribution is -2.42. The van der Waals surface area contributed by atoms with Gasteiger partial charge in [-0.2, -0.15) is 0 Å². The first-order valence-electron chi connectivity index (χ1n) is 11.4. The summed E-state index contributed by atoms with van der Waals surface area (Å²) in [5.41, 5.74) is 1.34. The van der Waals surface area contributed by atoms with Crippen LogP contribution in [-0.4, -0.2) is 93.2 Å². The molecule has 7 heteroatoms. The van der Waals surface area contributed by atoms with Crippen molar-refractivity contribution in [2.75, 3.05) is 72.5 Å². The molecule has 1 saturated heterocycles. The molecule has 1 heterocycles. The largest absolute Gasteiger partial charge is 0.357 e. The van der Waals surface area contributed by atoms with E-state index in [9.17, 15) is 0 Å². The van der Waals surface area contributed by atoms with E-state index in [1.807, 2.05) is 0 Å². The van der Waals surface area contributed by atoms with Gasteiger partial charge in [-0.1, -0.05) is 44.2 Å². The van der Waals surface area contributed by atoms with Gasteiger partial charge in [0.2, 0.25) is 0 Å². The summed E-state index contributed by atoms with van der Waals surface area (Å²) in [6.45, 7) is 17.0. The van der Waals surface area contributed by atoms with Gasteiger partial charge in [-0.3, -0.25) is 9.89 Å². The summed E-state index contributed by atoms with van der Waals surface area (Å²) >= 11 is 0. The maximum atomic E-state index is 4.95. The van der Waals surface area contributed by atoms with Gasteiger partial charge in [0.1, 0.15) is 0 Å². The smallest absolute Gasteiger partial charge is 0.191 e. The highest BCUT2D eigenvalue weighted by atomic mass is 127. The van der Waals surface area contributed by atoms with Crippen LogP contribution in [0.2, 0.25) is 0 Å². The van der Waals surface area contributed by atoms with Gasteiger partial charge >= 0.3 is 0 Å². The van der Waals surface area contributed by atoms with Crippen molar-refractivity contribution in [3.63, 3.8) is 0 Å². The van der Waals surface area contributed by atoms with E-state index < -0.39 is 0 Å². The SMILES string of the molecule is CCNC(=NCC(c1ccccc1)N(CC)CC)NCCN1CCCN(C)CC1.I. The second kappa shape index (κ2) is 15.8. The molecule has 1 aromatic rings. The molecular formula is C23H43IN6. The number of halogens is 1. The van der Waals surface area contributed by atoms with Crippen molar-refractivity contribution in [3.8, 4) is 0 Å². The van der Waals surface area contributed by atoms with Crippen LogP contribution in [0.5, 0.6) is 0 Å². The van der Waals surface area contributed by atoms with Gasteiger partial charge in [-0.05, 0) is 52.1 Å². The lowest BCUT2D eigenvalue weighted by molar-refractivity contribution is 0.224. The summed E-state index contributed by atoms with van der Waals surface area (Å²) in [7, 11) is 2.22. The molecule has 0 bridgehead atoms. The van der Waals surface area contributed by atoms with Crippen LogP contribution >= 0.6 is 24.0 Å². The Kier molecular flexibility index (Phi) is 14.3. The summed E-state index contributed by atoms with van der Waals surface area (Å²) in [4.78, 5) is 12.4. The molecular weight excluding hydrogens is 487 g/mol. The Labute approximate surface area is 201 Å². The first-order chi connectivity index (χ1) is 14.2. The van der Waals surface area contributed by atoms with Crippen LogP contribution in [0.1, 0.15) is 38.8 Å². The molecule has 1 aliphatic rings. The third kappa shape index (κ3) is 9.49. The molecule has 0 amide bonds. The Bertz CT molecular complexity index is 578. The minimum absolute atomic E-state index is 0. The third-order valence-corrected chi connectivity index (χ3v) is 5.74. The van der Waals surface area contributed by atoms with Crippen LogP contribution in [-0.2, 0) is 0 Å². The zero-order valence-electron chi connectivity index (χ0n) is 19.4. The molecule has 1 unspecified atom stereocenters. The van der Waals surface area contributed by atoms with Gasteiger partial charge < -0.3 is 20.4 Å². The fourth-order valence-corrected chi connectivity index (χ4v) is 3.95. The molecule has 0 radical (unpaired) electrons. The number of benzene rings is 1. The maximum absolute atomic E-state index is 4.95. The van der Waals surface area contributed by atoms with Gasteiger partial charge in [0.25, 0.3) is 0 Å². The topological polar surface area (TPSA) is 46.1 Å². The van der Waals surface area contributed by atoms with Crippen molar-refractivity contribution in [3.05, 3.63) is 35.9 Å². The van der Waals surface area contributed by atoms with Crippen molar-refractivity contribution in [2.45, 2.75) is 33.2 Å². The molecule has 1 atom stereocenters. The van der Waals surface area contributed by atoms with Crippen LogP contribution < -0.4 is 10.6 Å². The second-order valence-corrected chi connectivity index (χ2v) is 7.79. The quantitative estimate of drug-likeness (QED) is 0.277. The first-order valence-corrected chi connectivity index (χ1v) is 11.4. The number of hydrogen-bond donors (Lipinski definition) is 2. The Hall–Kier alpha value is -0.900. The van der Waals surface area contributed by atoms with Gasteiger partial charge in [0.15, 0.2) is 5.96 Å². The Balaban J connectivity index is 0.00000450. The lowest BCUT2D eigenvalue weighted by Gasteiger charge is -2.29. The van der Waals surface area contributed by atoms with E-state index in [1.165, 1.54) is 25.1 Å². The van der Waals surface area contributed by atoms with E-state index in [0.717, 1.165) is 58.3 Å². The van der Waals surface area contributed by atoms with E-state index in [-0.39, 0.29) is 24.0 Å². The maximum Gasteiger partial charge on any atom is 0.191 e. The molecule has 2 rings (SSSR count). The fourth-order valence-electron chi connectivity index (χ4n) is 3.95. The molecule has 0 aliphatic carbocycles. The lowest BCUT2D eigenvalue weighted by atomic mass is 10.1. The molecule has 6 nitrogen and oxygen atoms in total. The summed E-state index contributed by atoms with van der Waals surface area (Å²) < 4.78 is 0. The molecule has 1 fully saturated rings. The molecule has 172 valence electrons. The van der Waals surface area contributed by atoms with Crippen LogP contribution in [0, 0.1) is 0 Å². The van der Waals surface area contributed by atoms with Crippen LogP contribution in [0.15, 0.2) is 35.3 Å². The highest BCUT2D eigenvalue weighted by molar-refractivity contribution is 14.0. The van der Waals surface area contributed by atoms with Crippen molar-refractivity contribution >= 4 is 29.9 Å². The number of nitrogens with one attached hydrogen (secondary N) is 2. The standard InChI is InChI=1S/C23H42N6.HI/c1-5-24-23(25-14-17-28-16-11-15-27(4)18-19-28)26-20-22(29(6-2)7-3)21-12-9-8-10-13-21;/h8-10,12-13,22H,5-7,11,14-20H2,1-4H3,(H2,24,25,26);1H. The number of likely N-dealkylation sites (N-methyl/N-ethyl adjacent to an activating group) is 2. The highest BCUT2D eigenvalue weighted by Gasteiger charge is 2.18. The van der Waals surface area contributed by atoms with Crippen molar-refractivity contribution in [2.24, 2.45) is 4.99 Å². The van der Waals surface area contributed by atoms with Crippen molar-refractivity contribution in [1.82, 2.24) is 25.3 Å². The number of nitrogens with zero attached hydrogens (tertiary/aromatic N) is 4. The Morgan fingerprint density at radius 3 is 2.43 bits per heavy atom. The molecule has 0 saturated carbocycles. The fraction of sp³-hybridized carbons (Fsp3) is 0.696. The van der Waals surface area contributed by atoms with Gasteiger partial charge in [0.05, 0.1) is 12.6 Å². The van der Waals surface area contributed by atoms with E-state index >= 15 is 0 Å². The average molecular weight is 531 g/mol. The van der Waals surface area contributed by atoms with E-state index in [2.05, 4.69) is 83.5 Å². The van der Waals surface area contributed by atoms with Gasteiger partial charge in [0, 0.05) is 32.7 Å². The normalized spacial score (nSPS) is 17.3. The molecule has 1 aliphatic heterocycles. The molecule has 0 aromatic heterocycles. The second-order valence-electron chi connectivity index (χ2n) is 7.79. The number of guanidine groups is 1. The predicted octanol–water partition coefficient (Wildman–Crippen LogP) is 2.88. The zero-order valence-corrected chi connectivity index (χ0v) is 21.8. The molecule has 1 aromatic carbocycles. The van der Waals surface area contributed by atoms with E-state index in [1.54, 1.807) is 0 Å². The van der Waals surface area contributed by atoms with E-state index in [4.69, 9.17) is 4.99 Å². The number of aliphatic imine (C=N–C) groups is 1. The van der Waals surface area contributed by atoms with E-state index in [0.29, 0.717) is 6.04 Å². The summed E-state index contributed by atoms with van der Waals surface area (Å²) in [6.07, 6.45) is 1.26. The minimum atomic E-state index is 0. The zero-order chi connectivity index (χ0) is 20.9. The molecule has 2 N–H and O–H groups in total. The first kappa shape index (κ1) is 27.1. The summed E-state index contributed by atoms with van der Waals surface area (Å²) in [5.74, 6) is 0.924. The Morgan fingerprint density at radius 2 is 1.77 bits per heavy atom. The predicted molar refractivity (Wildman–Crippen MR) is 140 cm³/mol. The molecule has 30 heavy (non-hydrogen) atoms. The van der Waals surface area contributed by atoms with Gasteiger partial charge in [-0.25, -0.2) is 0 Å². The van der Waals surface area contributed by atoms with Crippen molar-refractivity contribution in [1.29, 1.82) is 0 Å². The average Bonchev–Trinajstić information content (AvgIpc) is 2.95. The minimum Gasteiger partial charge on any atom is -0.357 e. The summed E-state index contributed by atoms with van der Waals surface area (Å²) in [6, 6.07) is 11.1. The number of hydrogen-bond acceptors (Lipinski definition) is 4. The highest BCUT2D eigenvalue weighted by Crippen LogP contribution is 2.20. The third-order valence-electron chi connectivity index (χ3n) is 5.74. The van der Waals surface area contributed by atoms with Crippen LogP contribution in [0.3, 0.4) is 0 Å². The van der Waals surface area contributed by atoms with Crippen molar-refractivity contribution < 1.29 is 0 Å². The molecule has 0 spiro atoms. The summed E-state index contributed by atoms with van der Waals surface area (Å²) in [5, 5.41) is 6.96. The monoisotopic (exact) mass is 530 g/mol. The van der Waals surface area contributed by atoms with Crippen LogP contribution in [0.25, 0.3) is 0 Å². The Morgan fingerprint density at radius 1 is 1.03 bits per heavy atom. The number of rotatable bonds is 10. The van der Waals surface area contributed by atoms with Gasteiger partial charge in [-0.15, -0.1) is 24.0 Å². The van der Waals surface area contributed by atoms with Crippen LogP contribution in [0.4, 0.5) is 0 Å².